The molecule has 3 N–H and O–H groups in total. The smallest absolute Gasteiger partial charge is 0.240 e. The Morgan fingerprint density at radius 2 is 1.79 bits per heavy atom. The summed E-state index contributed by atoms with van der Waals surface area (Å²) in [5, 5.41) is 0.613. The zero-order valence-electron chi connectivity index (χ0n) is 10.0. The van der Waals surface area contributed by atoms with Gasteiger partial charge in [0, 0.05) is 17.3 Å². The quantitative estimate of drug-likeness (QED) is 0.851. The Labute approximate surface area is 117 Å². The lowest BCUT2D eigenvalue weighted by molar-refractivity contribution is 0.581. The number of hydrogen-bond donors (Lipinski definition) is 2. The van der Waals surface area contributed by atoms with Crippen LogP contribution in [0.1, 0.15) is 5.56 Å². The Hall–Kier alpha value is -1.56. The number of hydrogen-bond acceptors (Lipinski definition) is 3. The second kappa shape index (κ2) is 5.61. The SMILES string of the molecule is Nc1cccc(S(=O)(=O)NCc2ccc(Cl)cc2)c1. The largest absolute Gasteiger partial charge is 0.399 e. The zero-order chi connectivity index (χ0) is 13.9. The molecule has 19 heavy (non-hydrogen) atoms. The van der Waals surface area contributed by atoms with Crippen LogP contribution in [0.3, 0.4) is 0 Å². The molecule has 6 heteroatoms. The molecule has 0 aliphatic heterocycles. The van der Waals surface area contributed by atoms with Crippen LogP contribution in [0.25, 0.3) is 0 Å². The van der Waals surface area contributed by atoms with Gasteiger partial charge in [0.15, 0.2) is 0 Å². The van der Waals surface area contributed by atoms with Crippen LogP contribution in [-0.4, -0.2) is 8.42 Å². The van der Waals surface area contributed by atoms with Crippen molar-refractivity contribution in [3.05, 3.63) is 59.1 Å². The third kappa shape index (κ3) is 3.70. The van der Waals surface area contributed by atoms with E-state index in [1.54, 1.807) is 36.4 Å². The normalized spacial score (nSPS) is 11.4. The van der Waals surface area contributed by atoms with Gasteiger partial charge >= 0.3 is 0 Å². The minimum atomic E-state index is -3.55. The molecule has 2 aromatic carbocycles. The first-order valence-electron chi connectivity index (χ1n) is 5.57. The van der Waals surface area contributed by atoms with Crippen molar-refractivity contribution in [3.8, 4) is 0 Å². The maximum Gasteiger partial charge on any atom is 0.240 e. The Morgan fingerprint density at radius 1 is 1.11 bits per heavy atom. The van der Waals surface area contributed by atoms with Gasteiger partial charge in [-0.25, -0.2) is 13.1 Å². The molecule has 0 spiro atoms. The number of nitrogens with two attached hydrogens (primary N) is 1. The maximum atomic E-state index is 12.0. The molecule has 0 saturated heterocycles. The van der Waals surface area contributed by atoms with Crippen LogP contribution in [0.5, 0.6) is 0 Å². The number of nitrogens with one attached hydrogen (secondary N) is 1. The summed E-state index contributed by atoms with van der Waals surface area (Å²) in [6.07, 6.45) is 0. The van der Waals surface area contributed by atoms with Crippen LogP contribution in [0, 0.1) is 0 Å². The van der Waals surface area contributed by atoms with Gasteiger partial charge in [-0.2, -0.15) is 0 Å². The van der Waals surface area contributed by atoms with Gasteiger partial charge in [-0.05, 0) is 35.9 Å². The fourth-order valence-electron chi connectivity index (χ4n) is 1.55. The topological polar surface area (TPSA) is 72.2 Å². The summed E-state index contributed by atoms with van der Waals surface area (Å²) >= 11 is 5.76. The molecular formula is C13H13ClN2O2S. The molecule has 0 fully saturated rings. The van der Waals surface area contributed by atoms with E-state index in [9.17, 15) is 8.42 Å². The fraction of sp³-hybridized carbons (Fsp3) is 0.0769. The Morgan fingerprint density at radius 3 is 2.42 bits per heavy atom. The molecule has 0 atom stereocenters. The molecule has 100 valence electrons. The van der Waals surface area contributed by atoms with Gasteiger partial charge in [-0.3, -0.25) is 0 Å². The highest BCUT2D eigenvalue weighted by molar-refractivity contribution is 7.89. The lowest BCUT2D eigenvalue weighted by Crippen LogP contribution is -2.23. The highest BCUT2D eigenvalue weighted by Gasteiger charge is 2.13. The predicted molar refractivity (Wildman–Crippen MR) is 76.3 cm³/mol. The van der Waals surface area contributed by atoms with Gasteiger partial charge in [0.25, 0.3) is 0 Å². The van der Waals surface area contributed by atoms with Crippen LogP contribution >= 0.6 is 11.6 Å². The first-order valence-corrected chi connectivity index (χ1v) is 7.43. The number of halogens is 1. The van der Waals surface area contributed by atoms with E-state index >= 15 is 0 Å². The molecule has 0 aliphatic carbocycles. The van der Waals surface area contributed by atoms with Crippen molar-refractivity contribution >= 4 is 27.3 Å². The highest BCUT2D eigenvalue weighted by atomic mass is 35.5. The summed E-state index contributed by atoms with van der Waals surface area (Å²) in [6.45, 7) is 0.203. The first kappa shape index (κ1) is 13.9. The average Bonchev–Trinajstić information content (AvgIpc) is 2.38. The van der Waals surface area contributed by atoms with Gasteiger partial charge in [0.2, 0.25) is 10.0 Å². The Bertz CT molecular complexity index is 669. The van der Waals surface area contributed by atoms with E-state index in [-0.39, 0.29) is 11.4 Å². The second-order valence-corrected chi connectivity index (χ2v) is 6.23. The van der Waals surface area contributed by atoms with Gasteiger partial charge in [-0.1, -0.05) is 29.8 Å². The second-order valence-electron chi connectivity index (χ2n) is 4.02. The van der Waals surface area contributed by atoms with Crippen molar-refractivity contribution in [2.75, 3.05) is 5.73 Å². The molecular weight excluding hydrogens is 284 g/mol. The molecule has 0 aromatic heterocycles. The van der Waals surface area contributed by atoms with Crippen molar-refractivity contribution in [1.29, 1.82) is 0 Å². The summed E-state index contributed by atoms with van der Waals surface area (Å²) in [5.74, 6) is 0. The molecule has 0 saturated carbocycles. The number of anilines is 1. The maximum absolute atomic E-state index is 12.0. The van der Waals surface area contributed by atoms with E-state index in [4.69, 9.17) is 17.3 Å². The van der Waals surface area contributed by atoms with Crippen LogP contribution in [0.4, 0.5) is 5.69 Å². The molecule has 0 amide bonds. The van der Waals surface area contributed by atoms with Gasteiger partial charge < -0.3 is 5.73 Å². The minimum Gasteiger partial charge on any atom is -0.399 e. The van der Waals surface area contributed by atoms with Gasteiger partial charge in [0.1, 0.15) is 0 Å². The summed E-state index contributed by atoms with van der Waals surface area (Å²) in [7, 11) is -3.55. The standard InChI is InChI=1S/C13H13ClN2O2S/c14-11-6-4-10(5-7-11)9-16-19(17,18)13-3-1-2-12(15)8-13/h1-8,16H,9,15H2. The zero-order valence-corrected chi connectivity index (χ0v) is 11.6. The number of nitrogen functional groups attached to an aromatic ring is 1. The van der Waals surface area contributed by atoms with E-state index in [1.807, 2.05) is 0 Å². The highest BCUT2D eigenvalue weighted by Crippen LogP contribution is 2.14. The van der Waals surface area contributed by atoms with Crippen molar-refractivity contribution in [2.24, 2.45) is 0 Å². The Balaban J connectivity index is 2.12. The van der Waals surface area contributed by atoms with Crippen molar-refractivity contribution in [1.82, 2.24) is 4.72 Å². The molecule has 0 radical (unpaired) electrons. The van der Waals surface area contributed by atoms with E-state index in [2.05, 4.69) is 4.72 Å². The third-order valence-corrected chi connectivity index (χ3v) is 4.20. The summed E-state index contributed by atoms with van der Waals surface area (Å²) < 4.78 is 26.6. The van der Waals surface area contributed by atoms with Gasteiger partial charge in [0.05, 0.1) is 4.90 Å². The molecule has 0 bridgehead atoms. The molecule has 2 rings (SSSR count). The van der Waals surface area contributed by atoms with Crippen molar-refractivity contribution in [3.63, 3.8) is 0 Å². The first-order chi connectivity index (χ1) is 8.97. The monoisotopic (exact) mass is 296 g/mol. The molecule has 0 heterocycles. The Kier molecular flexibility index (Phi) is 4.09. The lowest BCUT2D eigenvalue weighted by Gasteiger charge is -2.07. The van der Waals surface area contributed by atoms with Crippen LogP contribution in [0.15, 0.2) is 53.4 Å². The molecule has 4 nitrogen and oxygen atoms in total. The van der Waals surface area contributed by atoms with Crippen molar-refractivity contribution < 1.29 is 8.42 Å². The van der Waals surface area contributed by atoms with Crippen LogP contribution in [0.2, 0.25) is 5.02 Å². The molecule has 2 aromatic rings. The predicted octanol–water partition coefficient (Wildman–Crippen LogP) is 2.40. The summed E-state index contributed by atoms with van der Waals surface area (Å²) in [4.78, 5) is 0.154. The summed E-state index contributed by atoms with van der Waals surface area (Å²) in [6, 6.07) is 13.1. The van der Waals surface area contributed by atoms with E-state index in [0.29, 0.717) is 10.7 Å². The van der Waals surface area contributed by atoms with Crippen LogP contribution in [-0.2, 0) is 16.6 Å². The summed E-state index contributed by atoms with van der Waals surface area (Å²) in [5.41, 5.74) is 6.81. The number of sulfonamides is 1. The van der Waals surface area contributed by atoms with E-state index in [0.717, 1.165) is 5.56 Å². The van der Waals surface area contributed by atoms with Crippen LogP contribution < -0.4 is 10.5 Å². The number of benzene rings is 2. The van der Waals surface area contributed by atoms with Crippen molar-refractivity contribution in [2.45, 2.75) is 11.4 Å². The van der Waals surface area contributed by atoms with Gasteiger partial charge in [-0.15, -0.1) is 0 Å². The molecule has 0 aliphatic rings. The van der Waals surface area contributed by atoms with E-state index < -0.39 is 10.0 Å². The number of rotatable bonds is 4. The average molecular weight is 297 g/mol. The molecule has 0 unspecified atom stereocenters. The third-order valence-electron chi connectivity index (χ3n) is 2.55. The minimum absolute atomic E-state index is 0.154. The lowest BCUT2D eigenvalue weighted by atomic mass is 10.2. The van der Waals surface area contributed by atoms with E-state index in [1.165, 1.54) is 12.1 Å². The fourth-order valence-corrected chi connectivity index (χ4v) is 2.74.